The smallest absolute Gasteiger partial charge is 0.251 e. The van der Waals surface area contributed by atoms with Gasteiger partial charge in [0.15, 0.2) is 0 Å². The number of nitrogens with one attached hydrogen (secondary N) is 2. The fourth-order valence-corrected chi connectivity index (χ4v) is 3.10. The topological polar surface area (TPSA) is 67.4 Å². The van der Waals surface area contributed by atoms with Crippen molar-refractivity contribution in [2.45, 2.75) is 25.9 Å². The second-order valence-electron chi connectivity index (χ2n) is 6.25. The highest BCUT2D eigenvalue weighted by atomic mass is 32.2. The molecule has 0 radical (unpaired) electrons. The van der Waals surface area contributed by atoms with Crippen LogP contribution in [0.4, 0.5) is 0 Å². The number of hydrogen-bond acceptors (Lipinski definition) is 4. The number of carbonyl (C=O) groups is 2. The minimum atomic E-state index is -0.573. The zero-order valence-corrected chi connectivity index (χ0v) is 16.8. The molecular weight excluding hydrogens is 360 g/mol. The summed E-state index contributed by atoms with van der Waals surface area (Å²) in [7, 11) is 1.61. The zero-order chi connectivity index (χ0) is 19.6. The van der Waals surface area contributed by atoms with Gasteiger partial charge < -0.3 is 15.4 Å². The van der Waals surface area contributed by atoms with Crippen LogP contribution < -0.4 is 15.4 Å². The number of thioether (sulfide) groups is 1. The Bertz CT molecular complexity index is 780. The molecule has 0 aliphatic rings. The Labute approximate surface area is 164 Å². The standard InChI is InChI=1S/C21H26N2O3S/c1-15-6-4-8-17(12-15)20(24)23-19(10-11-27-3)21(25)22-14-16-7-5-9-18(13-16)26-2/h4-9,12-13,19H,10-11,14H2,1-3H3,(H,22,25)(H,23,24). The molecule has 2 aromatic carbocycles. The Morgan fingerprint density at radius 2 is 1.93 bits per heavy atom. The van der Waals surface area contributed by atoms with Gasteiger partial charge in [0.25, 0.3) is 5.91 Å². The Kier molecular flexibility index (Phi) is 8.20. The first-order valence-corrected chi connectivity index (χ1v) is 10.2. The van der Waals surface area contributed by atoms with Crippen LogP contribution in [-0.2, 0) is 11.3 Å². The van der Waals surface area contributed by atoms with E-state index in [1.54, 1.807) is 24.9 Å². The maximum atomic E-state index is 12.6. The fraction of sp³-hybridized carbons (Fsp3) is 0.333. The van der Waals surface area contributed by atoms with Gasteiger partial charge in [-0.3, -0.25) is 9.59 Å². The van der Waals surface area contributed by atoms with E-state index in [4.69, 9.17) is 4.74 Å². The summed E-state index contributed by atoms with van der Waals surface area (Å²) in [6.07, 6.45) is 2.55. The van der Waals surface area contributed by atoms with E-state index in [1.807, 2.05) is 55.6 Å². The Morgan fingerprint density at radius 3 is 2.63 bits per heavy atom. The summed E-state index contributed by atoms with van der Waals surface area (Å²) < 4.78 is 5.20. The third kappa shape index (κ3) is 6.64. The highest BCUT2D eigenvalue weighted by Gasteiger charge is 2.21. The van der Waals surface area contributed by atoms with Gasteiger partial charge in [-0.2, -0.15) is 11.8 Å². The molecule has 0 bridgehead atoms. The molecule has 0 saturated carbocycles. The first-order chi connectivity index (χ1) is 13.0. The van der Waals surface area contributed by atoms with E-state index in [0.29, 0.717) is 18.5 Å². The number of carbonyl (C=O) groups excluding carboxylic acids is 2. The number of aryl methyl sites for hydroxylation is 1. The minimum absolute atomic E-state index is 0.187. The predicted molar refractivity (Wildman–Crippen MR) is 110 cm³/mol. The third-order valence-corrected chi connectivity index (χ3v) is 4.76. The zero-order valence-electron chi connectivity index (χ0n) is 16.0. The lowest BCUT2D eigenvalue weighted by atomic mass is 10.1. The van der Waals surface area contributed by atoms with Crippen molar-refractivity contribution >= 4 is 23.6 Å². The molecule has 0 spiro atoms. The van der Waals surface area contributed by atoms with E-state index < -0.39 is 6.04 Å². The van der Waals surface area contributed by atoms with Crippen molar-refractivity contribution in [3.8, 4) is 5.75 Å². The molecule has 2 rings (SSSR count). The average Bonchev–Trinajstić information content (AvgIpc) is 2.69. The maximum Gasteiger partial charge on any atom is 0.251 e. The lowest BCUT2D eigenvalue weighted by Crippen LogP contribution is -2.46. The van der Waals surface area contributed by atoms with Gasteiger partial charge in [-0.15, -0.1) is 0 Å². The summed E-state index contributed by atoms with van der Waals surface area (Å²) in [4.78, 5) is 25.2. The quantitative estimate of drug-likeness (QED) is 0.695. The molecule has 2 aromatic rings. The lowest BCUT2D eigenvalue weighted by molar-refractivity contribution is -0.123. The van der Waals surface area contributed by atoms with Gasteiger partial charge in [-0.25, -0.2) is 0 Å². The molecule has 0 aliphatic carbocycles. The molecule has 2 N–H and O–H groups in total. The van der Waals surface area contributed by atoms with Crippen molar-refractivity contribution in [2.24, 2.45) is 0 Å². The number of ether oxygens (including phenoxy) is 1. The van der Waals surface area contributed by atoms with Crippen LogP contribution in [0.25, 0.3) is 0 Å². The van der Waals surface area contributed by atoms with Crippen LogP contribution in [0.5, 0.6) is 5.75 Å². The summed E-state index contributed by atoms with van der Waals surface area (Å²) in [6.45, 7) is 2.31. The molecule has 5 nitrogen and oxygen atoms in total. The van der Waals surface area contributed by atoms with Gasteiger partial charge in [-0.05, 0) is 55.2 Å². The lowest BCUT2D eigenvalue weighted by Gasteiger charge is -2.18. The third-order valence-electron chi connectivity index (χ3n) is 4.11. The highest BCUT2D eigenvalue weighted by molar-refractivity contribution is 7.98. The Balaban J connectivity index is 2.00. The monoisotopic (exact) mass is 386 g/mol. The van der Waals surface area contributed by atoms with Gasteiger partial charge in [0.1, 0.15) is 11.8 Å². The van der Waals surface area contributed by atoms with Crippen LogP contribution in [0.2, 0.25) is 0 Å². The molecule has 0 aliphatic heterocycles. The Hall–Kier alpha value is -2.47. The van der Waals surface area contributed by atoms with Crippen LogP contribution in [0.3, 0.4) is 0 Å². The van der Waals surface area contributed by atoms with Crippen LogP contribution in [-0.4, -0.2) is 37.0 Å². The molecule has 0 saturated heterocycles. The normalized spacial score (nSPS) is 11.5. The summed E-state index contributed by atoms with van der Waals surface area (Å²) in [6, 6.07) is 14.3. The van der Waals surface area contributed by atoms with Crippen molar-refractivity contribution < 1.29 is 14.3 Å². The number of amides is 2. The highest BCUT2D eigenvalue weighted by Crippen LogP contribution is 2.12. The molecule has 0 fully saturated rings. The van der Waals surface area contributed by atoms with Gasteiger partial charge in [-0.1, -0.05) is 29.8 Å². The minimum Gasteiger partial charge on any atom is -0.497 e. The predicted octanol–water partition coefficient (Wildman–Crippen LogP) is 3.17. The van der Waals surface area contributed by atoms with Crippen molar-refractivity contribution in [1.29, 1.82) is 0 Å². The van der Waals surface area contributed by atoms with Crippen molar-refractivity contribution in [2.75, 3.05) is 19.1 Å². The van der Waals surface area contributed by atoms with E-state index in [0.717, 1.165) is 22.6 Å². The van der Waals surface area contributed by atoms with Gasteiger partial charge in [0.05, 0.1) is 7.11 Å². The van der Waals surface area contributed by atoms with Crippen LogP contribution >= 0.6 is 11.8 Å². The van der Waals surface area contributed by atoms with Crippen molar-refractivity contribution in [3.63, 3.8) is 0 Å². The van der Waals surface area contributed by atoms with Gasteiger partial charge in [0.2, 0.25) is 5.91 Å². The SMILES string of the molecule is COc1cccc(CNC(=O)C(CCSC)NC(=O)c2cccc(C)c2)c1. The van der Waals surface area contributed by atoms with Gasteiger partial charge >= 0.3 is 0 Å². The number of methoxy groups -OCH3 is 1. The molecule has 1 atom stereocenters. The molecule has 144 valence electrons. The second kappa shape index (κ2) is 10.6. The second-order valence-corrected chi connectivity index (χ2v) is 7.23. The molecular formula is C21H26N2O3S. The van der Waals surface area contributed by atoms with Gasteiger partial charge in [0, 0.05) is 12.1 Å². The summed E-state index contributed by atoms with van der Waals surface area (Å²) >= 11 is 1.64. The largest absolute Gasteiger partial charge is 0.497 e. The molecule has 2 amide bonds. The van der Waals surface area contributed by atoms with Crippen molar-refractivity contribution in [3.05, 3.63) is 65.2 Å². The van der Waals surface area contributed by atoms with E-state index in [2.05, 4.69) is 10.6 Å². The maximum absolute atomic E-state index is 12.6. The van der Waals surface area contributed by atoms with Crippen LogP contribution in [0.1, 0.15) is 27.9 Å². The summed E-state index contributed by atoms with van der Waals surface area (Å²) in [5.74, 6) is 1.10. The molecule has 6 heteroatoms. The molecule has 27 heavy (non-hydrogen) atoms. The van der Waals surface area contributed by atoms with E-state index in [9.17, 15) is 9.59 Å². The number of hydrogen-bond donors (Lipinski definition) is 2. The summed E-state index contributed by atoms with van der Waals surface area (Å²) in [5, 5.41) is 5.77. The average molecular weight is 387 g/mol. The van der Waals surface area contributed by atoms with E-state index in [1.165, 1.54) is 0 Å². The van der Waals surface area contributed by atoms with E-state index in [-0.39, 0.29) is 11.8 Å². The molecule has 0 aromatic heterocycles. The first-order valence-electron chi connectivity index (χ1n) is 8.80. The number of benzene rings is 2. The molecule has 1 unspecified atom stereocenters. The fourth-order valence-electron chi connectivity index (χ4n) is 2.63. The van der Waals surface area contributed by atoms with Crippen LogP contribution in [0, 0.1) is 6.92 Å². The van der Waals surface area contributed by atoms with E-state index >= 15 is 0 Å². The van der Waals surface area contributed by atoms with Crippen LogP contribution in [0.15, 0.2) is 48.5 Å². The number of rotatable bonds is 9. The summed E-state index contributed by atoms with van der Waals surface area (Å²) in [5.41, 5.74) is 2.51. The van der Waals surface area contributed by atoms with Crippen molar-refractivity contribution in [1.82, 2.24) is 10.6 Å². The Morgan fingerprint density at radius 1 is 1.15 bits per heavy atom. The first kappa shape index (κ1) is 20.8. The molecule has 0 heterocycles.